The molecule has 12 heteroatoms. The van der Waals surface area contributed by atoms with Crippen LogP contribution in [0.3, 0.4) is 0 Å². The number of rotatable bonds is 8. The molecule has 1 aliphatic heterocycles. The van der Waals surface area contributed by atoms with Gasteiger partial charge in [0.25, 0.3) is 11.5 Å². The molecule has 4 aromatic carbocycles. The second kappa shape index (κ2) is 15.0. The quantitative estimate of drug-likeness (QED) is 0.158. The normalized spacial score (nSPS) is 14.4. The highest BCUT2D eigenvalue weighted by Gasteiger charge is 2.32. The lowest BCUT2D eigenvalue weighted by Gasteiger charge is -2.25. The van der Waals surface area contributed by atoms with Gasteiger partial charge in [0.2, 0.25) is 0 Å². The van der Waals surface area contributed by atoms with Gasteiger partial charge in [-0.1, -0.05) is 70.4 Å². The highest BCUT2D eigenvalue weighted by Crippen LogP contribution is 2.33. The molecule has 0 fully saturated rings. The molecule has 0 aliphatic carbocycles. The lowest BCUT2D eigenvalue weighted by Crippen LogP contribution is -2.40. The van der Waals surface area contributed by atoms with E-state index in [1.54, 1.807) is 23.8 Å². The van der Waals surface area contributed by atoms with Gasteiger partial charge in [0, 0.05) is 5.69 Å². The van der Waals surface area contributed by atoms with Crippen molar-refractivity contribution in [2.75, 3.05) is 12.4 Å². The highest BCUT2D eigenvalue weighted by atomic mass is 127. The summed E-state index contributed by atoms with van der Waals surface area (Å²) >= 11 is 18.0. The molecule has 6 rings (SSSR count). The first kappa shape index (κ1) is 35.6. The standard InChI is InChI=1S/C37H29Cl2I2N3O4S/c1-19-5-12-30(20(2)13-19)43-35(45)32-21(3)42-37-44(33(32)24-7-9-25(47-4)10-8-24)36(46)31(49-37)17-23-15-28(40)34(29(41)16-23)48-18-22-6-11-26(38)27(39)14-22/h5-17,33H,18H2,1-4H3,(H,43,45)/b31-17-/t33-/m0/s1. The minimum atomic E-state index is -0.701. The number of anilines is 1. The zero-order valence-electron chi connectivity index (χ0n) is 26.7. The van der Waals surface area contributed by atoms with E-state index in [2.05, 4.69) is 50.5 Å². The Labute approximate surface area is 324 Å². The number of carbonyl (C=O) groups excluding carboxylic acids is 1. The van der Waals surface area contributed by atoms with Crippen LogP contribution in [0.4, 0.5) is 5.69 Å². The van der Waals surface area contributed by atoms with Crippen LogP contribution < -0.4 is 29.7 Å². The van der Waals surface area contributed by atoms with Crippen molar-refractivity contribution < 1.29 is 14.3 Å². The van der Waals surface area contributed by atoms with E-state index >= 15 is 0 Å². The van der Waals surface area contributed by atoms with E-state index in [1.165, 1.54) is 11.3 Å². The van der Waals surface area contributed by atoms with E-state index in [0.717, 1.165) is 40.7 Å². The third kappa shape index (κ3) is 7.63. The van der Waals surface area contributed by atoms with E-state index in [-0.39, 0.29) is 11.5 Å². The van der Waals surface area contributed by atoms with Crippen molar-refractivity contribution in [1.82, 2.24) is 4.57 Å². The summed E-state index contributed by atoms with van der Waals surface area (Å²) in [5.41, 5.74) is 5.96. The Morgan fingerprint density at radius 3 is 2.35 bits per heavy atom. The van der Waals surface area contributed by atoms with Gasteiger partial charge in [0.15, 0.2) is 4.80 Å². The molecule has 0 radical (unpaired) electrons. The van der Waals surface area contributed by atoms with Crippen LogP contribution >= 0.6 is 79.7 Å². The van der Waals surface area contributed by atoms with Crippen LogP contribution in [0.5, 0.6) is 11.5 Å². The maximum absolute atomic E-state index is 14.3. The smallest absolute Gasteiger partial charge is 0.271 e. The Morgan fingerprint density at radius 2 is 1.69 bits per heavy atom. The molecule has 49 heavy (non-hydrogen) atoms. The number of benzene rings is 4. The third-order valence-electron chi connectivity index (χ3n) is 8.01. The molecule has 250 valence electrons. The van der Waals surface area contributed by atoms with Gasteiger partial charge in [-0.25, -0.2) is 4.99 Å². The number of fused-ring (bicyclic) bond motifs is 1. The molecule has 0 bridgehead atoms. The van der Waals surface area contributed by atoms with Crippen molar-refractivity contribution in [3.8, 4) is 11.5 Å². The molecule has 5 aromatic rings. The summed E-state index contributed by atoms with van der Waals surface area (Å²) in [6.07, 6.45) is 1.86. The molecular weight excluding hydrogens is 907 g/mol. The average molecular weight is 936 g/mol. The number of thiazole rings is 1. The predicted molar refractivity (Wildman–Crippen MR) is 214 cm³/mol. The van der Waals surface area contributed by atoms with Crippen LogP contribution in [0.1, 0.15) is 40.8 Å². The molecule has 1 atom stereocenters. The Morgan fingerprint density at radius 1 is 0.980 bits per heavy atom. The highest BCUT2D eigenvalue weighted by molar-refractivity contribution is 14.1. The molecule has 1 aromatic heterocycles. The fourth-order valence-electron chi connectivity index (χ4n) is 5.59. The summed E-state index contributed by atoms with van der Waals surface area (Å²) in [5, 5.41) is 4.04. The first-order valence-corrected chi connectivity index (χ1v) is 18.8. The van der Waals surface area contributed by atoms with E-state index in [0.29, 0.717) is 48.7 Å². The number of ether oxygens (including phenoxy) is 2. The number of carbonyl (C=O) groups is 1. The van der Waals surface area contributed by atoms with E-state index in [1.807, 2.05) is 87.5 Å². The number of nitrogens with one attached hydrogen (secondary N) is 1. The zero-order valence-corrected chi connectivity index (χ0v) is 33.4. The molecule has 0 saturated carbocycles. The van der Waals surface area contributed by atoms with Crippen molar-refractivity contribution in [2.45, 2.75) is 33.4 Å². The largest absolute Gasteiger partial charge is 0.497 e. The van der Waals surface area contributed by atoms with Gasteiger partial charge >= 0.3 is 0 Å². The summed E-state index contributed by atoms with van der Waals surface area (Å²) < 4.78 is 15.4. The predicted octanol–water partition coefficient (Wildman–Crippen LogP) is 8.59. The lowest BCUT2D eigenvalue weighted by molar-refractivity contribution is -0.113. The Kier molecular flexibility index (Phi) is 10.9. The molecule has 7 nitrogen and oxygen atoms in total. The van der Waals surface area contributed by atoms with E-state index in [4.69, 9.17) is 37.7 Å². The van der Waals surface area contributed by atoms with Gasteiger partial charge in [0.1, 0.15) is 18.1 Å². The van der Waals surface area contributed by atoms with E-state index in [9.17, 15) is 9.59 Å². The molecule has 0 saturated heterocycles. The molecule has 1 aliphatic rings. The van der Waals surface area contributed by atoms with Crippen LogP contribution in [-0.4, -0.2) is 17.6 Å². The van der Waals surface area contributed by atoms with Crippen molar-refractivity contribution in [1.29, 1.82) is 0 Å². The second-order valence-electron chi connectivity index (χ2n) is 11.5. The number of aryl methyl sites for hydroxylation is 2. The van der Waals surface area contributed by atoms with Gasteiger partial charge < -0.3 is 14.8 Å². The summed E-state index contributed by atoms with van der Waals surface area (Å²) in [4.78, 5) is 33.6. The monoisotopic (exact) mass is 935 g/mol. The average Bonchev–Trinajstić information content (AvgIpc) is 3.36. The summed E-state index contributed by atoms with van der Waals surface area (Å²) in [5.74, 6) is 1.09. The number of amides is 1. The van der Waals surface area contributed by atoms with Crippen molar-refractivity contribution in [3.05, 3.63) is 149 Å². The fourth-order valence-corrected chi connectivity index (χ4v) is 9.09. The number of halogens is 4. The fraction of sp³-hybridized carbons (Fsp3) is 0.162. The zero-order chi connectivity index (χ0) is 35.0. The van der Waals surface area contributed by atoms with Crippen LogP contribution in [0.15, 0.2) is 93.9 Å². The van der Waals surface area contributed by atoms with Gasteiger partial charge in [0.05, 0.1) is 46.1 Å². The van der Waals surface area contributed by atoms with Gasteiger partial charge in [-0.3, -0.25) is 14.2 Å². The minimum Gasteiger partial charge on any atom is -0.497 e. The first-order valence-electron chi connectivity index (χ1n) is 15.0. The summed E-state index contributed by atoms with van der Waals surface area (Å²) in [6.45, 7) is 6.10. The number of aromatic nitrogens is 1. The maximum atomic E-state index is 14.3. The van der Waals surface area contributed by atoms with Crippen molar-refractivity contribution >= 4 is 97.4 Å². The SMILES string of the molecule is COc1ccc([C@H]2C(C(=O)Nc3ccc(C)cc3C)=C(C)N=c3s/c(=C\c4cc(I)c(OCc5ccc(Cl)c(Cl)c5)c(I)c4)c(=O)n32)cc1. The Balaban J connectivity index is 1.38. The van der Waals surface area contributed by atoms with Crippen molar-refractivity contribution in [2.24, 2.45) is 4.99 Å². The van der Waals surface area contributed by atoms with Crippen LogP contribution in [0.2, 0.25) is 10.0 Å². The Bertz CT molecular complexity index is 2310. The molecular formula is C37H29Cl2I2N3O4S. The van der Waals surface area contributed by atoms with Crippen LogP contribution in [-0.2, 0) is 11.4 Å². The number of nitrogens with zero attached hydrogens (tertiary/aromatic N) is 2. The molecule has 0 unspecified atom stereocenters. The summed E-state index contributed by atoms with van der Waals surface area (Å²) in [7, 11) is 1.60. The number of hydrogen-bond acceptors (Lipinski definition) is 6. The maximum Gasteiger partial charge on any atom is 0.271 e. The van der Waals surface area contributed by atoms with E-state index < -0.39 is 6.04 Å². The topological polar surface area (TPSA) is 81.9 Å². The third-order valence-corrected chi connectivity index (χ3v) is 11.3. The van der Waals surface area contributed by atoms with Crippen LogP contribution in [0.25, 0.3) is 6.08 Å². The van der Waals surface area contributed by atoms with Gasteiger partial charge in [-0.2, -0.15) is 0 Å². The molecule has 0 spiro atoms. The Hall–Kier alpha value is -3.17. The van der Waals surface area contributed by atoms with Gasteiger partial charge in [-0.15, -0.1) is 0 Å². The molecule has 2 heterocycles. The minimum absolute atomic E-state index is 0.237. The second-order valence-corrected chi connectivity index (χ2v) is 15.6. The lowest BCUT2D eigenvalue weighted by atomic mass is 9.95. The number of hydrogen-bond donors (Lipinski definition) is 1. The molecule has 1 amide bonds. The number of allylic oxidation sites excluding steroid dienone is 1. The van der Waals surface area contributed by atoms with Crippen LogP contribution in [0, 0.1) is 21.0 Å². The number of methoxy groups -OCH3 is 1. The van der Waals surface area contributed by atoms with Gasteiger partial charge in [-0.05, 0) is 137 Å². The van der Waals surface area contributed by atoms with Crippen molar-refractivity contribution in [3.63, 3.8) is 0 Å². The molecule has 1 N–H and O–H groups in total. The first-order chi connectivity index (χ1) is 23.4. The summed E-state index contributed by atoms with van der Waals surface area (Å²) in [6, 6.07) is 21.9.